The van der Waals surface area contributed by atoms with E-state index in [4.69, 9.17) is 10.5 Å². The molecule has 3 rings (SSSR count). The Morgan fingerprint density at radius 2 is 1.94 bits per heavy atom. The minimum atomic E-state index is -0.0187. The van der Waals surface area contributed by atoms with Gasteiger partial charge in [0.25, 0.3) is 0 Å². The van der Waals surface area contributed by atoms with Gasteiger partial charge in [0.15, 0.2) is 0 Å². The van der Waals surface area contributed by atoms with Crippen LogP contribution < -0.4 is 5.73 Å². The molecule has 0 saturated heterocycles. The zero-order valence-corrected chi connectivity index (χ0v) is 10.5. The molecule has 2 aromatic carbocycles. The summed E-state index contributed by atoms with van der Waals surface area (Å²) in [4.78, 5) is 0. The van der Waals surface area contributed by atoms with Gasteiger partial charge in [-0.15, -0.1) is 12.4 Å². The third kappa shape index (κ3) is 1.93. The number of nitrogens with two attached hydrogens (primary N) is 1. The van der Waals surface area contributed by atoms with Crippen LogP contribution in [0.4, 0.5) is 0 Å². The molecule has 17 heavy (non-hydrogen) atoms. The molecule has 0 amide bonds. The maximum Gasteiger partial charge on any atom is 0.0744 e. The van der Waals surface area contributed by atoms with Crippen LogP contribution in [0.25, 0.3) is 10.8 Å². The zero-order valence-electron chi connectivity index (χ0n) is 9.72. The Morgan fingerprint density at radius 1 is 1.18 bits per heavy atom. The first-order valence-electron chi connectivity index (χ1n) is 5.65. The van der Waals surface area contributed by atoms with Gasteiger partial charge in [-0.3, -0.25) is 0 Å². The van der Waals surface area contributed by atoms with Crippen LogP contribution in [0.3, 0.4) is 0 Å². The molecule has 2 aromatic rings. The normalized spacial score (nSPS) is 22.9. The average Bonchev–Trinajstić information content (AvgIpc) is 2.33. The van der Waals surface area contributed by atoms with Gasteiger partial charge in [-0.05, 0) is 28.8 Å². The zero-order chi connectivity index (χ0) is 11.1. The summed E-state index contributed by atoms with van der Waals surface area (Å²) in [5, 5.41) is 2.52. The van der Waals surface area contributed by atoms with E-state index in [1.165, 1.54) is 21.9 Å². The van der Waals surface area contributed by atoms with Gasteiger partial charge in [-0.2, -0.15) is 0 Å². The molecule has 90 valence electrons. The van der Waals surface area contributed by atoms with Gasteiger partial charge in [0.2, 0.25) is 0 Å². The SMILES string of the molecule is C[C@@H]1OCc2ccc3ccccc3c2[C@@H]1N.Cl. The van der Waals surface area contributed by atoms with Gasteiger partial charge in [-0.25, -0.2) is 0 Å². The highest BCUT2D eigenvalue weighted by atomic mass is 35.5. The van der Waals surface area contributed by atoms with E-state index < -0.39 is 0 Å². The maximum absolute atomic E-state index is 6.23. The minimum absolute atomic E-state index is 0. The summed E-state index contributed by atoms with van der Waals surface area (Å²) in [7, 11) is 0. The van der Waals surface area contributed by atoms with Crippen LogP contribution in [-0.2, 0) is 11.3 Å². The summed E-state index contributed by atoms with van der Waals surface area (Å²) < 4.78 is 5.64. The average molecular weight is 250 g/mol. The van der Waals surface area contributed by atoms with Crippen molar-refractivity contribution in [2.45, 2.75) is 25.7 Å². The summed E-state index contributed by atoms with van der Waals surface area (Å²) >= 11 is 0. The predicted molar refractivity (Wildman–Crippen MR) is 72.4 cm³/mol. The molecule has 2 nitrogen and oxygen atoms in total. The van der Waals surface area contributed by atoms with Crippen LogP contribution in [0.5, 0.6) is 0 Å². The third-order valence-electron chi connectivity index (χ3n) is 3.40. The van der Waals surface area contributed by atoms with Crippen molar-refractivity contribution in [2.75, 3.05) is 0 Å². The molecule has 0 aromatic heterocycles. The molecule has 0 aliphatic carbocycles. The van der Waals surface area contributed by atoms with E-state index in [9.17, 15) is 0 Å². The topological polar surface area (TPSA) is 35.2 Å². The fraction of sp³-hybridized carbons (Fsp3) is 0.286. The van der Waals surface area contributed by atoms with Crippen LogP contribution >= 0.6 is 12.4 Å². The summed E-state index contributed by atoms with van der Waals surface area (Å²) in [6.45, 7) is 2.71. The Morgan fingerprint density at radius 3 is 2.76 bits per heavy atom. The smallest absolute Gasteiger partial charge is 0.0744 e. The molecular weight excluding hydrogens is 234 g/mol. The van der Waals surface area contributed by atoms with Gasteiger partial charge in [0.05, 0.1) is 18.8 Å². The van der Waals surface area contributed by atoms with Gasteiger partial charge in [-0.1, -0.05) is 36.4 Å². The molecule has 3 heteroatoms. The Labute approximate surface area is 107 Å². The summed E-state index contributed by atoms with van der Waals surface area (Å²) in [6, 6.07) is 12.6. The molecule has 2 atom stereocenters. The Balaban J connectivity index is 0.00000108. The van der Waals surface area contributed by atoms with Gasteiger partial charge in [0, 0.05) is 0 Å². The van der Waals surface area contributed by atoms with E-state index in [1.54, 1.807) is 0 Å². The number of hydrogen-bond acceptors (Lipinski definition) is 2. The highest BCUT2D eigenvalue weighted by Gasteiger charge is 2.25. The molecule has 0 saturated carbocycles. The molecule has 1 aliphatic heterocycles. The van der Waals surface area contributed by atoms with Gasteiger partial charge >= 0.3 is 0 Å². The molecule has 0 fully saturated rings. The van der Waals surface area contributed by atoms with Crippen molar-refractivity contribution in [3.8, 4) is 0 Å². The molecule has 0 unspecified atom stereocenters. The van der Waals surface area contributed by atoms with Crippen LogP contribution in [-0.4, -0.2) is 6.10 Å². The number of halogens is 1. The van der Waals surface area contributed by atoms with Crippen molar-refractivity contribution in [1.29, 1.82) is 0 Å². The van der Waals surface area contributed by atoms with Crippen molar-refractivity contribution >= 4 is 23.2 Å². The number of ether oxygens (including phenoxy) is 1. The first-order chi connectivity index (χ1) is 7.77. The van der Waals surface area contributed by atoms with Crippen LogP contribution in [0.2, 0.25) is 0 Å². The molecule has 0 bridgehead atoms. The molecule has 0 radical (unpaired) electrons. The second kappa shape index (κ2) is 4.65. The molecular formula is C14H16ClNO. The fourth-order valence-corrected chi connectivity index (χ4v) is 2.42. The second-order valence-electron chi connectivity index (χ2n) is 4.40. The molecule has 0 spiro atoms. The van der Waals surface area contributed by atoms with Crippen molar-refractivity contribution < 1.29 is 4.74 Å². The predicted octanol–water partition coefficient (Wildman–Crippen LogP) is 3.18. The summed E-state index contributed by atoms with van der Waals surface area (Å²) in [6.07, 6.45) is 0.0957. The van der Waals surface area contributed by atoms with Gasteiger partial charge in [0.1, 0.15) is 0 Å². The maximum atomic E-state index is 6.23. The van der Waals surface area contributed by atoms with Crippen molar-refractivity contribution in [3.63, 3.8) is 0 Å². The van der Waals surface area contributed by atoms with Crippen molar-refractivity contribution in [3.05, 3.63) is 47.5 Å². The van der Waals surface area contributed by atoms with Crippen LogP contribution in [0, 0.1) is 0 Å². The fourth-order valence-electron chi connectivity index (χ4n) is 2.42. The lowest BCUT2D eigenvalue weighted by Gasteiger charge is -2.30. The minimum Gasteiger partial charge on any atom is -0.372 e. The first kappa shape index (κ1) is 12.4. The monoisotopic (exact) mass is 249 g/mol. The Hall–Kier alpha value is -1.09. The van der Waals surface area contributed by atoms with Crippen molar-refractivity contribution in [2.24, 2.45) is 5.73 Å². The number of hydrogen-bond donors (Lipinski definition) is 1. The number of fused-ring (bicyclic) bond motifs is 3. The Bertz CT molecular complexity index is 541. The highest BCUT2D eigenvalue weighted by Crippen LogP contribution is 2.33. The quantitative estimate of drug-likeness (QED) is 0.778. The van der Waals surface area contributed by atoms with E-state index in [0.717, 1.165) is 0 Å². The number of benzene rings is 2. The lowest BCUT2D eigenvalue weighted by molar-refractivity contribution is 0.0220. The van der Waals surface area contributed by atoms with E-state index in [2.05, 4.69) is 36.4 Å². The molecule has 2 N–H and O–H groups in total. The molecule has 1 aliphatic rings. The van der Waals surface area contributed by atoms with E-state index in [1.807, 2.05) is 6.92 Å². The first-order valence-corrected chi connectivity index (χ1v) is 5.65. The third-order valence-corrected chi connectivity index (χ3v) is 3.40. The van der Waals surface area contributed by atoms with Crippen molar-refractivity contribution in [1.82, 2.24) is 0 Å². The summed E-state index contributed by atoms with van der Waals surface area (Å²) in [5.41, 5.74) is 8.72. The number of rotatable bonds is 0. The largest absolute Gasteiger partial charge is 0.372 e. The van der Waals surface area contributed by atoms with E-state index >= 15 is 0 Å². The Kier molecular flexibility index (Phi) is 3.38. The van der Waals surface area contributed by atoms with E-state index in [-0.39, 0.29) is 24.6 Å². The summed E-state index contributed by atoms with van der Waals surface area (Å²) in [5.74, 6) is 0. The van der Waals surface area contributed by atoms with Crippen LogP contribution in [0.1, 0.15) is 24.1 Å². The van der Waals surface area contributed by atoms with Gasteiger partial charge < -0.3 is 10.5 Å². The lowest BCUT2D eigenvalue weighted by atomic mass is 9.90. The van der Waals surface area contributed by atoms with Crippen LogP contribution in [0.15, 0.2) is 36.4 Å². The van der Waals surface area contributed by atoms with E-state index in [0.29, 0.717) is 6.61 Å². The standard InChI is InChI=1S/C14H15NO.ClH/c1-9-14(15)13-11(8-16-9)7-6-10-4-2-3-5-12(10)13;/h2-7,9,14H,8,15H2,1H3;1H/t9-,14+;/m0./s1. The highest BCUT2D eigenvalue weighted by molar-refractivity contribution is 5.87. The lowest BCUT2D eigenvalue weighted by Crippen LogP contribution is -2.31. The second-order valence-corrected chi connectivity index (χ2v) is 4.40. The molecule has 1 heterocycles.